The standard InChI is InChI=1S/C14H18O5/c1-8(9(2)14(15)16)10-6-11(17-3)13(19-5)12(7-10)18-4/h6-7H,1-5H3,(H,15,16)/b9-8-. The fourth-order valence-electron chi connectivity index (χ4n) is 1.67. The van der Waals surface area contributed by atoms with Gasteiger partial charge in [0.25, 0.3) is 0 Å². The van der Waals surface area contributed by atoms with E-state index < -0.39 is 5.97 Å². The summed E-state index contributed by atoms with van der Waals surface area (Å²) in [5.74, 6) is 0.518. The van der Waals surface area contributed by atoms with Crippen LogP contribution in [0.4, 0.5) is 0 Å². The Labute approximate surface area is 112 Å². The van der Waals surface area contributed by atoms with Gasteiger partial charge in [-0.25, -0.2) is 4.79 Å². The highest BCUT2D eigenvalue weighted by atomic mass is 16.5. The molecule has 0 heterocycles. The zero-order valence-electron chi connectivity index (χ0n) is 11.7. The predicted molar refractivity (Wildman–Crippen MR) is 72.0 cm³/mol. The van der Waals surface area contributed by atoms with Crippen molar-refractivity contribution in [1.29, 1.82) is 0 Å². The predicted octanol–water partition coefficient (Wildman–Crippen LogP) is 2.59. The third kappa shape index (κ3) is 2.99. The Morgan fingerprint density at radius 2 is 1.47 bits per heavy atom. The Bertz CT molecular complexity index is 492. The number of hydrogen-bond acceptors (Lipinski definition) is 4. The maximum Gasteiger partial charge on any atom is 0.331 e. The van der Waals surface area contributed by atoms with Gasteiger partial charge in [0.2, 0.25) is 5.75 Å². The zero-order chi connectivity index (χ0) is 14.6. The van der Waals surface area contributed by atoms with E-state index in [9.17, 15) is 4.79 Å². The number of benzene rings is 1. The third-order valence-corrected chi connectivity index (χ3v) is 2.98. The SMILES string of the molecule is COc1cc(/C(C)=C(/C)C(=O)O)cc(OC)c1OC. The minimum absolute atomic E-state index is 0.272. The first-order valence-electron chi connectivity index (χ1n) is 5.67. The van der Waals surface area contributed by atoms with Crippen LogP contribution in [0.1, 0.15) is 19.4 Å². The van der Waals surface area contributed by atoms with Gasteiger partial charge < -0.3 is 19.3 Å². The summed E-state index contributed by atoms with van der Waals surface area (Å²) in [6.45, 7) is 3.30. The normalized spacial score (nSPS) is 11.6. The first kappa shape index (κ1) is 14.9. The molecule has 0 aromatic heterocycles. The highest BCUT2D eigenvalue weighted by Gasteiger charge is 2.15. The number of rotatable bonds is 5. The molecule has 104 valence electrons. The van der Waals surface area contributed by atoms with Crippen LogP contribution in [0.2, 0.25) is 0 Å². The van der Waals surface area contributed by atoms with Crippen molar-refractivity contribution in [3.05, 3.63) is 23.3 Å². The summed E-state index contributed by atoms with van der Waals surface area (Å²) >= 11 is 0. The van der Waals surface area contributed by atoms with Gasteiger partial charge in [-0.15, -0.1) is 0 Å². The number of hydrogen-bond donors (Lipinski definition) is 1. The van der Waals surface area contributed by atoms with E-state index in [-0.39, 0.29) is 5.57 Å². The Kier molecular flexibility index (Phi) is 4.80. The monoisotopic (exact) mass is 266 g/mol. The van der Waals surface area contributed by atoms with Gasteiger partial charge in [0.15, 0.2) is 11.5 Å². The van der Waals surface area contributed by atoms with Gasteiger partial charge in [0, 0.05) is 5.57 Å². The molecule has 1 aromatic carbocycles. The number of carboxylic acids is 1. The fourth-order valence-corrected chi connectivity index (χ4v) is 1.67. The van der Waals surface area contributed by atoms with Crippen LogP contribution in [0, 0.1) is 0 Å². The van der Waals surface area contributed by atoms with Crippen LogP contribution in [0.25, 0.3) is 5.57 Å². The van der Waals surface area contributed by atoms with Crippen LogP contribution >= 0.6 is 0 Å². The van der Waals surface area contributed by atoms with Crippen LogP contribution in [0.5, 0.6) is 17.2 Å². The molecule has 0 atom stereocenters. The van der Waals surface area contributed by atoms with Crippen molar-refractivity contribution in [3.8, 4) is 17.2 Å². The lowest BCUT2D eigenvalue weighted by Gasteiger charge is -2.15. The van der Waals surface area contributed by atoms with E-state index in [2.05, 4.69) is 0 Å². The lowest BCUT2D eigenvalue weighted by atomic mass is 10.0. The first-order valence-corrected chi connectivity index (χ1v) is 5.67. The molecule has 1 rings (SSSR count). The lowest BCUT2D eigenvalue weighted by Crippen LogP contribution is -2.01. The van der Waals surface area contributed by atoms with Gasteiger partial charge in [-0.05, 0) is 37.1 Å². The number of carbonyl (C=O) groups is 1. The quantitative estimate of drug-likeness (QED) is 0.830. The van der Waals surface area contributed by atoms with Gasteiger partial charge in [0.1, 0.15) is 0 Å². The summed E-state index contributed by atoms with van der Waals surface area (Å²) in [7, 11) is 4.56. The topological polar surface area (TPSA) is 65.0 Å². The van der Waals surface area contributed by atoms with E-state index in [0.717, 1.165) is 5.56 Å². The van der Waals surface area contributed by atoms with Crippen molar-refractivity contribution < 1.29 is 24.1 Å². The summed E-state index contributed by atoms with van der Waals surface area (Å²) in [6, 6.07) is 3.45. The maximum absolute atomic E-state index is 11.0. The number of aliphatic carboxylic acids is 1. The molecular formula is C14H18O5. The van der Waals surface area contributed by atoms with Crippen LogP contribution in [0.3, 0.4) is 0 Å². The van der Waals surface area contributed by atoms with Crippen molar-refractivity contribution in [3.63, 3.8) is 0 Å². The molecule has 5 nitrogen and oxygen atoms in total. The van der Waals surface area contributed by atoms with E-state index in [1.807, 2.05) is 0 Å². The van der Waals surface area contributed by atoms with E-state index in [0.29, 0.717) is 22.8 Å². The molecule has 0 bridgehead atoms. The molecule has 0 saturated heterocycles. The zero-order valence-corrected chi connectivity index (χ0v) is 11.7. The second-order valence-electron chi connectivity index (χ2n) is 3.97. The second-order valence-corrected chi connectivity index (χ2v) is 3.97. The number of carboxylic acid groups (broad SMARTS) is 1. The van der Waals surface area contributed by atoms with Crippen molar-refractivity contribution in [2.24, 2.45) is 0 Å². The van der Waals surface area contributed by atoms with Crippen LogP contribution in [-0.2, 0) is 4.79 Å². The van der Waals surface area contributed by atoms with Crippen molar-refractivity contribution >= 4 is 11.5 Å². The summed E-state index contributed by atoms with van der Waals surface area (Å²) in [4.78, 5) is 11.0. The van der Waals surface area contributed by atoms with E-state index in [1.54, 1.807) is 26.0 Å². The number of methoxy groups -OCH3 is 3. The molecule has 1 aromatic rings. The van der Waals surface area contributed by atoms with E-state index in [4.69, 9.17) is 19.3 Å². The summed E-state index contributed by atoms with van der Waals surface area (Å²) in [6.07, 6.45) is 0. The molecule has 1 N–H and O–H groups in total. The molecule has 0 fully saturated rings. The van der Waals surface area contributed by atoms with Crippen LogP contribution < -0.4 is 14.2 Å². The lowest BCUT2D eigenvalue weighted by molar-refractivity contribution is -0.132. The molecule has 0 radical (unpaired) electrons. The molecule has 0 spiro atoms. The Morgan fingerprint density at radius 1 is 1.00 bits per heavy atom. The highest BCUT2D eigenvalue weighted by molar-refractivity contribution is 5.95. The molecule has 0 aliphatic carbocycles. The van der Waals surface area contributed by atoms with Crippen LogP contribution in [-0.4, -0.2) is 32.4 Å². The van der Waals surface area contributed by atoms with Crippen molar-refractivity contribution in [2.45, 2.75) is 13.8 Å². The molecule has 5 heteroatoms. The molecule has 0 amide bonds. The van der Waals surface area contributed by atoms with Crippen molar-refractivity contribution in [1.82, 2.24) is 0 Å². The van der Waals surface area contributed by atoms with Gasteiger partial charge in [0.05, 0.1) is 21.3 Å². The average molecular weight is 266 g/mol. The van der Waals surface area contributed by atoms with Gasteiger partial charge in [-0.3, -0.25) is 0 Å². The van der Waals surface area contributed by atoms with Gasteiger partial charge in [-0.2, -0.15) is 0 Å². The van der Waals surface area contributed by atoms with E-state index >= 15 is 0 Å². The van der Waals surface area contributed by atoms with Crippen LogP contribution in [0.15, 0.2) is 17.7 Å². The summed E-state index contributed by atoms with van der Waals surface area (Å²) in [5, 5.41) is 9.02. The summed E-state index contributed by atoms with van der Waals surface area (Å²) in [5.41, 5.74) is 1.63. The Balaban J connectivity index is 3.47. The van der Waals surface area contributed by atoms with Gasteiger partial charge >= 0.3 is 5.97 Å². The minimum atomic E-state index is -0.953. The summed E-state index contributed by atoms with van der Waals surface area (Å²) < 4.78 is 15.7. The maximum atomic E-state index is 11.0. The van der Waals surface area contributed by atoms with Gasteiger partial charge in [-0.1, -0.05) is 0 Å². The molecule has 0 aliphatic heterocycles. The van der Waals surface area contributed by atoms with E-state index in [1.165, 1.54) is 21.3 Å². The molecular weight excluding hydrogens is 248 g/mol. The van der Waals surface area contributed by atoms with Crippen molar-refractivity contribution in [2.75, 3.05) is 21.3 Å². The molecule has 19 heavy (non-hydrogen) atoms. The number of ether oxygens (including phenoxy) is 3. The molecule has 0 aliphatic rings. The third-order valence-electron chi connectivity index (χ3n) is 2.98. The Hall–Kier alpha value is -2.17. The fraction of sp³-hybridized carbons (Fsp3) is 0.357. The molecule has 0 unspecified atom stereocenters. The minimum Gasteiger partial charge on any atom is -0.493 e. The average Bonchev–Trinajstić information content (AvgIpc) is 2.43. The highest BCUT2D eigenvalue weighted by Crippen LogP contribution is 2.40. The smallest absolute Gasteiger partial charge is 0.331 e. The second kappa shape index (κ2) is 6.13. The largest absolute Gasteiger partial charge is 0.493 e. The first-order chi connectivity index (χ1) is 8.96. The number of allylic oxidation sites excluding steroid dienone is 1. The Morgan fingerprint density at radius 3 is 1.79 bits per heavy atom. The molecule has 0 saturated carbocycles.